The van der Waals surface area contributed by atoms with Gasteiger partial charge in [0.2, 0.25) is 0 Å². The second kappa shape index (κ2) is 8.84. The number of carbonyl (C=O) groups is 2. The fourth-order valence-electron chi connectivity index (χ4n) is 2.35. The minimum atomic E-state index is -1.13. The van der Waals surface area contributed by atoms with Gasteiger partial charge < -0.3 is 19.6 Å². The zero-order valence-electron chi connectivity index (χ0n) is 15.1. The molecule has 0 saturated carbocycles. The number of nitrogens with zero attached hydrogens (tertiary/aromatic N) is 1. The van der Waals surface area contributed by atoms with Gasteiger partial charge in [0, 0.05) is 23.6 Å². The summed E-state index contributed by atoms with van der Waals surface area (Å²) in [6, 6.07) is 9.46. The Morgan fingerprint density at radius 3 is 2.54 bits per heavy atom. The van der Waals surface area contributed by atoms with Crippen LogP contribution in [0.2, 0.25) is 0 Å². The molecule has 0 unspecified atom stereocenters. The van der Waals surface area contributed by atoms with Crippen molar-refractivity contribution in [1.29, 1.82) is 0 Å². The molecule has 0 fully saturated rings. The van der Waals surface area contributed by atoms with Gasteiger partial charge in [0.1, 0.15) is 11.5 Å². The standard InChI is InChI=1S/C19H23N3O4/c1-12-4-6-15(7-5-12)20-11-18(23)22-21-13(2)17-10-16(26-14(17)3)8-9-19(24)25/h4-7,10,20H,8-9,11H2,1-3H3,(H,22,23)(H,24,25)/p-1/b21-13-. The number of nitrogens with one attached hydrogen (secondary N) is 2. The van der Waals surface area contributed by atoms with E-state index < -0.39 is 5.97 Å². The molecule has 0 aliphatic carbocycles. The summed E-state index contributed by atoms with van der Waals surface area (Å²) in [4.78, 5) is 22.4. The van der Waals surface area contributed by atoms with Crippen molar-refractivity contribution in [3.05, 3.63) is 53.0 Å². The van der Waals surface area contributed by atoms with Crippen molar-refractivity contribution in [2.45, 2.75) is 33.6 Å². The molecule has 0 bridgehead atoms. The first-order valence-electron chi connectivity index (χ1n) is 8.28. The van der Waals surface area contributed by atoms with E-state index in [1.54, 1.807) is 19.9 Å². The first-order valence-corrected chi connectivity index (χ1v) is 8.28. The van der Waals surface area contributed by atoms with Crippen molar-refractivity contribution in [1.82, 2.24) is 5.43 Å². The number of carboxylic acid groups (broad SMARTS) is 1. The molecule has 2 rings (SSSR count). The van der Waals surface area contributed by atoms with E-state index in [1.807, 2.05) is 31.2 Å². The van der Waals surface area contributed by atoms with E-state index in [9.17, 15) is 14.7 Å². The highest BCUT2D eigenvalue weighted by molar-refractivity contribution is 6.00. The SMILES string of the molecule is C/C(=N/NC(=O)CNc1ccc(C)cc1)c1cc(CCC(=O)[O-])oc1C. The second-order valence-electron chi connectivity index (χ2n) is 6.01. The Balaban J connectivity index is 1.89. The Kier molecular flexibility index (Phi) is 6.54. The average Bonchev–Trinajstić information content (AvgIpc) is 2.98. The minimum absolute atomic E-state index is 0.0983. The fraction of sp³-hybridized carbons (Fsp3) is 0.316. The number of carboxylic acids is 1. The number of aliphatic carboxylic acids is 1. The van der Waals surface area contributed by atoms with E-state index in [1.165, 1.54) is 0 Å². The third-order valence-electron chi connectivity index (χ3n) is 3.79. The van der Waals surface area contributed by atoms with Gasteiger partial charge >= 0.3 is 0 Å². The summed E-state index contributed by atoms with van der Waals surface area (Å²) in [6.45, 7) is 5.60. The van der Waals surface area contributed by atoms with Crippen LogP contribution in [0.5, 0.6) is 0 Å². The zero-order valence-corrected chi connectivity index (χ0v) is 15.1. The zero-order chi connectivity index (χ0) is 19.1. The molecule has 7 nitrogen and oxygen atoms in total. The molecule has 1 aromatic heterocycles. The number of benzene rings is 1. The Labute approximate surface area is 152 Å². The van der Waals surface area contributed by atoms with Crippen LogP contribution in [0, 0.1) is 13.8 Å². The molecule has 1 aromatic carbocycles. The summed E-state index contributed by atoms with van der Waals surface area (Å²) >= 11 is 0. The van der Waals surface area contributed by atoms with Crippen LogP contribution in [-0.4, -0.2) is 24.1 Å². The van der Waals surface area contributed by atoms with Crippen molar-refractivity contribution < 1.29 is 19.1 Å². The molecule has 0 radical (unpaired) electrons. The number of rotatable bonds is 8. The van der Waals surface area contributed by atoms with Crippen molar-refractivity contribution in [3.63, 3.8) is 0 Å². The topological polar surface area (TPSA) is 107 Å². The summed E-state index contributed by atoms with van der Waals surface area (Å²) < 4.78 is 5.51. The highest BCUT2D eigenvalue weighted by atomic mass is 16.4. The molecule has 26 heavy (non-hydrogen) atoms. The van der Waals surface area contributed by atoms with Crippen molar-refractivity contribution in [2.75, 3.05) is 11.9 Å². The molecule has 0 aliphatic rings. The van der Waals surface area contributed by atoms with Crippen LogP contribution in [0.4, 0.5) is 5.69 Å². The highest BCUT2D eigenvalue weighted by Gasteiger charge is 2.11. The maximum atomic E-state index is 11.9. The van der Waals surface area contributed by atoms with Gasteiger partial charge in [0.15, 0.2) is 0 Å². The van der Waals surface area contributed by atoms with Crippen LogP contribution in [-0.2, 0) is 16.0 Å². The quantitative estimate of drug-likeness (QED) is 0.551. The largest absolute Gasteiger partial charge is 0.550 e. The van der Waals surface area contributed by atoms with Crippen LogP contribution in [0.3, 0.4) is 0 Å². The average molecular weight is 356 g/mol. The molecule has 2 N–H and O–H groups in total. The molecular weight excluding hydrogens is 334 g/mol. The van der Waals surface area contributed by atoms with Gasteiger partial charge in [0.05, 0.1) is 12.3 Å². The summed E-state index contributed by atoms with van der Waals surface area (Å²) in [6.07, 6.45) is 0.146. The lowest BCUT2D eigenvalue weighted by atomic mass is 10.1. The van der Waals surface area contributed by atoms with Crippen molar-refractivity contribution in [2.24, 2.45) is 5.10 Å². The smallest absolute Gasteiger partial charge is 0.259 e. The van der Waals surface area contributed by atoms with Gasteiger partial charge in [-0.2, -0.15) is 5.10 Å². The molecule has 138 valence electrons. The first kappa shape index (κ1) is 19.2. The molecule has 0 spiro atoms. The molecule has 2 aromatic rings. The number of carbonyl (C=O) groups excluding carboxylic acids is 2. The maximum absolute atomic E-state index is 11.9. The van der Waals surface area contributed by atoms with Gasteiger partial charge in [-0.25, -0.2) is 5.43 Å². The summed E-state index contributed by atoms with van der Waals surface area (Å²) in [5, 5.41) is 17.6. The van der Waals surface area contributed by atoms with Crippen molar-refractivity contribution >= 4 is 23.3 Å². The van der Waals surface area contributed by atoms with E-state index >= 15 is 0 Å². The predicted octanol–water partition coefficient (Wildman–Crippen LogP) is 1.53. The molecule has 7 heteroatoms. The number of hydrazone groups is 1. The van der Waals surface area contributed by atoms with Crippen LogP contribution in [0.25, 0.3) is 0 Å². The van der Waals surface area contributed by atoms with Crippen molar-refractivity contribution in [3.8, 4) is 0 Å². The molecule has 1 amide bonds. The van der Waals surface area contributed by atoms with Crippen LogP contribution in [0.15, 0.2) is 39.9 Å². The molecule has 0 saturated heterocycles. The highest BCUT2D eigenvalue weighted by Crippen LogP contribution is 2.17. The Morgan fingerprint density at radius 2 is 1.88 bits per heavy atom. The third-order valence-corrected chi connectivity index (χ3v) is 3.79. The summed E-state index contributed by atoms with van der Waals surface area (Å²) in [5.41, 5.74) is 5.80. The second-order valence-corrected chi connectivity index (χ2v) is 6.01. The Morgan fingerprint density at radius 1 is 1.19 bits per heavy atom. The lowest BCUT2D eigenvalue weighted by molar-refractivity contribution is -0.305. The number of hydrogen-bond acceptors (Lipinski definition) is 6. The van der Waals surface area contributed by atoms with Gasteiger partial charge in [-0.15, -0.1) is 0 Å². The number of furan rings is 1. The van der Waals surface area contributed by atoms with Gasteiger partial charge in [0.25, 0.3) is 5.91 Å². The van der Waals surface area contributed by atoms with E-state index in [0.717, 1.165) is 16.8 Å². The monoisotopic (exact) mass is 356 g/mol. The Bertz CT molecular complexity index is 807. The third kappa shape index (κ3) is 5.77. The summed E-state index contributed by atoms with van der Waals surface area (Å²) in [7, 11) is 0. The molecule has 0 aliphatic heterocycles. The number of anilines is 1. The lowest BCUT2D eigenvalue weighted by Crippen LogP contribution is -2.26. The van der Waals surface area contributed by atoms with Gasteiger partial charge in [-0.3, -0.25) is 4.79 Å². The van der Waals surface area contributed by atoms with Gasteiger partial charge in [-0.1, -0.05) is 17.7 Å². The first-order chi connectivity index (χ1) is 12.3. The minimum Gasteiger partial charge on any atom is -0.550 e. The molecule has 1 heterocycles. The van der Waals surface area contributed by atoms with Gasteiger partial charge in [-0.05, 0) is 45.4 Å². The lowest BCUT2D eigenvalue weighted by Gasteiger charge is -2.06. The number of hydrogen-bond donors (Lipinski definition) is 2. The molecule has 0 atom stereocenters. The summed E-state index contributed by atoms with van der Waals surface area (Å²) in [5.74, 6) is -0.238. The van der Waals surface area contributed by atoms with E-state index in [-0.39, 0.29) is 25.3 Å². The van der Waals surface area contributed by atoms with E-state index in [0.29, 0.717) is 17.2 Å². The maximum Gasteiger partial charge on any atom is 0.259 e. The van der Waals surface area contributed by atoms with Crippen LogP contribution < -0.4 is 15.8 Å². The predicted molar refractivity (Wildman–Crippen MR) is 96.8 cm³/mol. The number of aryl methyl sites for hydroxylation is 3. The fourth-order valence-corrected chi connectivity index (χ4v) is 2.35. The Hall–Kier alpha value is -3.09. The normalized spacial score (nSPS) is 11.3. The number of amides is 1. The van der Waals surface area contributed by atoms with Crippen LogP contribution in [0.1, 0.15) is 36.0 Å². The van der Waals surface area contributed by atoms with Crippen LogP contribution >= 0.6 is 0 Å². The molecular formula is C19H22N3O4-. The van der Waals surface area contributed by atoms with E-state index in [4.69, 9.17) is 4.42 Å². The van der Waals surface area contributed by atoms with E-state index in [2.05, 4.69) is 15.8 Å².